The van der Waals surface area contributed by atoms with Gasteiger partial charge in [-0.3, -0.25) is 4.79 Å². The molecule has 6 nitrogen and oxygen atoms in total. The highest BCUT2D eigenvalue weighted by atomic mass is 16.1. The van der Waals surface area contributed by atoms with Gasteiger partial charge < -0.3 is 16.0 Å². The van der Waals surface area contributed by atoms with Gasteiger partial charge in [0.2, 0.25) is 5.78 Å². The molecular formula is C16H21N5O. The smallest absolute Gasteiger partial charge is 0.215 e. The Morgan fingerprint density at radius 1 is 1.32 bits per heavy atom. The number of anilines is 2. The van der Waals surface area contributed by atoms with Crippen molar-refractivity contribution in [3.8, 4) is 0 Å². The van der Waals surface area contributed by atoms with Gasteiger partial charge in [0.25, 0.3) is 0 Å². The first-order valence-electron chi connectivity index (χ1n) is 7.35. The molecule has 0 bridgehead atoms. The largest absolute Gasteiger partial charge is 0.383 e. The summed E-state index contributed by atoms with van der Waals surface area (Å²) in [4.78, 5) is 23.3. The van der Waals surface area contributed by atoms with E-state index in [-0.39, 0.29) is 13.0 Å². The van der Waals surface area contributed by atoms with E-state index >= 15 is 0 Å². The third kappa shape index (κ3) is 2.78. The van der Waals surface area contributed by atoms with Crippen LogP contribution >= 0.6 is 0 Å². The molecule has 3 heterocycles. The van der Waals surface area contributed by atoms with Crippen LogP contribution in [0.3, 0.4) is 0 Å². The maximum Gasteiger partial charge on any atom is 0.215 e. The van der Waals surface area contributed by atoms with Crippen LogP contribution in [-0.4, -0.2) is 41.9 Å². The fourth-order valence-corrected chi connectivity index (χ4v) is 2.59. The van der Waals surface area contributed by atoms with E-state index in [1.807, 2.05) is 13.0 Å². The van der Waals surface area contributed by atoms with Gasteiger partial charge in [0.15, 0.2) is 0 Å². The lowest BCUT2D eigenvalue weighted by atomic mass is 10.1. The monoisotopic (exact) mass is 299 g/mol. The summed E-state index contributed by atoms with van der Waals surface area (Å²) in [5.41, 5.74) is 7.65. The summed E-state index contributed by atoms with van der Waals surface area (Å²) in [7, 11) is 0. The number of carbonyl (C=O) groups excluding carboxylic acids is 1. The SMILES string of the molecule is Cc1ccc(C(=O)c2cccnc2N)nc1N1CCNCC1.[HH]. The number of hydrogen-bond acceptors (Lipinski definition) is 6. The number of aromatic nitrogens is 2. The number of hydrogen-bond donors (Lipinski definition) is 2. The highest BCUT2D eigenvalue weighted by Crippen LogP contribution is 2.20. The van der Waals surface area contributed by atoms with E-state index in [9.17, 15) is 4.79 Å². The normalized spacial score (nSPS) is 14.9. The minimum Gasteiger partial charge on any atom is -0.383 e. The zero-order chi connectivity index (χ0) is 15.5. The number of nitrogens with one attached hydrogen (secondary N) is 1. The standard InChI is InChI=1S/C16H19N5O.H2/c1-11-4-5-13(14(22)12-3-2-6-19-15(12)17)20-16(11)21-9-7-18-8-10-21;/h2-6,18H,7-10H2,1H3,(H2,17,19);1H. The highest BCUT2D eigenvalue weighted by molar-refractivity contribution is 6.10. The maximum absolute atomic E-state index is 12.6. The van der Waals surface area contributed by atoms with Crippen LogP contribution in [0.15, 0.2) is 30.5 Å². The maximum atomic E-state index is 12.6. The lowest BCUT2D eigenvalue weighted by Gasteiger charge is -2.29. The topological polar surface area (TPSA) is 84.1 Å². The molecule has 0 saturated carbocycles. The molecule has 22 heavy (non-hydrogen) atoms. The summed E-state index contributed by atoms with van der Waals surface area (Å²) >= 11 is 0. The van der Waals surface area contributed by atoms with E-state index in [0.717, 1.165) is 37.6 Å². The molecule has 0 amide bonds. The molecule has 0 aromatic carbocycles. The van der Waals surface area contributed by atoms with Crippen molar-refractivity contribution >= 4 is 17.4 Å². The van der Waals surface area contributed by atoms with Gasteiger partial charge in [0.1, 0.15) is 17.3 Å². The van der Waals surface area contributed by atoms with E-state index in [2.05, 4.69) is 20.2 Å². The number of pyridine rings is 2. The van der Waals surface area contributed by atoms with Crippen LogP contribution in [0.2, 0.25) is 0 Å². The zero-order valence-electron chi connectivity index (χ0n) is 12.5. The Bertz CT molecular complexity index is 701. The second-order valence-electron chi connectivity index (χ2n) is 5.34. The van der Waals surface area contributed by atoms with Crippen molar-refractivity contribution in [1.82, 2.24) is 15.3 Å². The molecule has 2 aromatic heterocycles. The van der Waals surface area contributed by atoms with Crippen molar-refractivity contribution in [3.63, 3.8) is 0 Å². The third-order valence-electron chi connectivity index (χ3n) is 3.80. The molecule has 1 saturated heterocycles. The van der Waals surface area contributed by atoms with Gasteiger partial charge in [0.05, 0.1) is 5.56 Å². The Kier molecular flexibility index (Phi) is 4.02. The molecule has 0 radical (unpaired) electrons. The van der Waals surface area contributed by atoms with Crippen molar-refractivity contribution in [2.24, 2.45) is 0 Å². The van der Waals surface area contributed by atoms with Crippen molar-refractivity contribution in [2.75, 3.05) is 36.8 Å². The molecule has 1 aliphatic rings. The fraction of sp³-hybridized carbons (Fsp3) is 0.312. The van der Waals surface area contributed by atoms with Crippen LogP contribution in [0.4, 0.5) is 11.6 Å². The van der Waals surface area contributed by atoms with E-state index in [1.165, 1.54) is 0 Å². The fourth-order valence-electron chi connectivity index (χ4n) is 2.59. The molecule has 2 aromatic rings. The summed E-state index contributed by atoms with van der Waals surface area (Å²) in [5.74, 6) is 0.912. The highest BCUT2D eigenvalue weighted by Gasteiger charge is 2.19. The molecule has 0 spiro atoms. The first kappa shape index (κ1) is 14.5. The van der Waals surface area contributed by atoms with Crippen LogP contribution < -0.4 is 16.0 Å². The first-order chi connectivity index (χ1) is 10.7. The van der Waals surface area contributed by atoms with Gasteiger partial charge in [-0.25, -0.2) is 9.97 Å². The number of nitrogens with two attached hydrogens (primary N) is 1. The Morgan fingerprint density at radius 3 is 2.82 bits per heavy atom. The van der Waals surface area contributed by atoms with Crippen LogP contribution in [0.5, 0.6) is 0 Å². The minimum absolute atomic E-state index is 0. The molecule has 3 rings (SSSR count). The number of ketones is 1. The number of nitrogens with zero attached hydrogens (tertiary/aromatic N) is 3. The summed E-state index contributed by atoms with van der Waals surface area (Å²) in [6.07, 6.45) is 1.57. The summed E-state index contributed by atoms with van der Waals surface area (Å²) in [6.45, 7) is 5.64. The van der Waals surface area contributed by atoms with Crippen LogP contribution in [0.25, 0.3) is 0 Å². The van der Waals surface area contributed by atoms with Gasteiger partial charge >= 0.3 is 0 Å². The van der Waals surface area contributed by atoms with E-state index in [1.54, 1.807) is 24.4 Å². The first-order valence-corrected chi connectivity index (χ1v) is 7.35. The third-order valence-corrected chi connectivity index (χ3v) is 3.80. The zero-order valence-corrected chi connectivity index (χ0v) is 12.5. The number of piperazine rings is 1. The lowest BCUT2D eigenvalue weighted by molar-refractivity contribution is 0.103. The van der Waals surface area contributed by atoms with E-state index in [0.29, 0.717) is 11.3 Å². The minimum atomic E-state index is -0.193. The lowest BCUT2D eigenvalue weighted by Crippen LogP contribution is -2.44. The molecule has 0 atom stereocenters. The van der Waals surface area contributed by atoms with E-state index in [4.69, 9.17) is 5.73 Å². The Labute approximate surface area is 130 Å². The van der Waals surface area contributed by atoms with Crippen molar-refractivity contribution < 1.29 is 6.22 Å². The average molecular weight is 299 g/mol. The predicted molar refractivity (Wildman–Crippen MR) is 88.3 cm³/mol. The summed E-state index contributed by atoms with van der Waals surface area (Å²) in [5, 5.41) is 3.31. The van der Waals surface area contributed by atoms with Gasteiger partial charge in [-0.1, -0.05) is 6.07 Å². The molecular weight excluding hydrogens is 278 g/mol. The molecule has 0 aliphatic carbocycles. The van der Waals surface area contributed by atoms with Crippen molar-refractivity contribution in [3.05, 3.63) is 47.3 Å². The number of nitrogen functional groups attached to an aromatic ring is 1. The van der Waals surface area contributed by atoms with Crippen molar-refractivity contribution in [2.45, 2.75) is 6.92 Å². The number of rotatable bonds is 3. The van der Waals surface area contributed by atoms with Gasteiger partial charge in [-0.15, -0.1) is 0 Å². The summed E-state index contributed by atoms with van der Waals surface area (Å²) < 4.78 is 0. The predicted octanol–water partition coefficient (Wildman–Crippen LogP) is 1.25. The second kappa shape index (κ2) is 6.11. The molecule has 0 unspecified atom stereocenters. The van der Waals surface area contributed by atoms with Crippen LogP contribution in [0.1, 0.15) is 23.0 Å². The Morgan fingerprint density at radius 2 is 2.09 bits per heavy atom. The Hall–Kier alpha value is -2.47. The Balaban J connectivity index is 0.00000192. The van der Waals surface area contributed by atoms with Gasteiger partial charge in [0, 0.05) is 33.8 Å². The van der Waals surface area contributed by atoms with E-state index < -0.39 is 0 Å². The van der Waals surface area contributed by atoms with Crippen LogP contribution in [0, 0.1) is 6.92 Å². The van der Waals surface area contributed by atoms with Crippen molar-refractivity contribution in [1.29, 1.82) is 0 Å². The summed E-state index contributed by atoms with van der Waals surface area (Å²) in [6, 6.07) is 7.06. The average Bonchev–Trinajstić information content (AvgIpc) is 2.56. The second-order valence-corrected chi connectivity index (χ2v) is 5.34. The molecule has 6 heteroatoms. The van der Waals surface area contributed by atoms with Gasteiger partial charge in [-0.2, -0.15) is 0 Å². The molecule has 3 N–H and O–H groups in total. The molecule has 116 valence electrons. The number of aryl methyl sites for hydroxylation is 1. The number of carbonyl (C=O) groups is 1. The molecule has 1 aliphatic heterocycles. The molecule has 1 fully saturated rings. The quantitative estimate of drug-likeness (QED) is 0.830. The van der Waals surface area contributed by atoms with Crippen LogP contribution in [-0.2, 0) is 0 Å². The van der Waals surface area contributed by atoms with Gasteiger partial charge in [-0.05, 0) is 30.7 Å².